The van der Waals surface area contributed by atoms with Crippen molar-refractivity contribution < 1.29 is 14.3 Å². The third-order valence-electron chi connectivity index (χ3n) is 4.92. The third kappa shape index (κ3) is 3.17. The summed E-state index contributed by atoms with van der Waals surface area (Å²) in [6, 6.07) is 11.7. The average Bonchev–Trinajstić information content (AvgIpc) is 3.36. The Labute approximate surface area is 161 Å². The number of nitrogens with one attached hydrogen (secondary N) is 1. The lowest BCUT2D eigenvalue weighted by molar-refractivity contribution is 0.102. The summed E-state index contributed by atoms with van der Waals surface area (Å²) in [5.74, 6) is 1.07. The Morgan fingerprint density at radius 2 is 1.85 bits per heavy atom. The number of ether oxygens (including phenoxy) is 2. The summed E-state index contributed by atoms with van der Waals surface area (Å²) in [7, 11) is 0. The Kier molecular flexibility index (Phi) is 4.05. The summed E-state index contributed by atoms with van der Waals surface area (Å²) in [4.78, 5) is 17.1. The lowest BCUT2D eigenvalue weighted by Gasteiger charge is -2.18. The number of fused-ring (bicyclic) bond motifs is 2. The molecule has 136 valence electrons. The molecule has 2 aliphatic rings. The normalized spacial score (nSPS) is 14.7. The predicted molar refractivity (Wildman–Crippen MR) is 105 cm³/mol. The Bertz CT molecular complexity index is 1030. The summed E-state index contributed by atoms with van der Waals surface area (Å²) in [6.07, 6.45) is 3.54. The number of amides is 1. The van der Waals surface area contributed by atoms with Crippen molar-refractivity contribution in [3.63, 3.8) is 0 Å². The van der Waals surface area contributed by atoms with E-state index in [4.69, 9.17) is 9.47 Å². The van der Waals surface area contributed by atoms with Gasteiger partial charge in [0.15, 0.2) is 16.6 Å². The fraction of sp³-hybridized carbons (Fsp3) is 0.238. The molecular formula is C21H18N2O3S. The largest absolute Gasteiger partial charge is 0.486 e. The summed E-state index contributed by atoms with van der Waals surface area (Å²) in [5.41, 5.74) is 5.39. The molecule has 0 radical (unpaired) electrons. The van der Waals surface area contributed by atoms with Gasteiger partial charge in [0, 0.05) is 16.5 Å². The van der Waals surface area contributed by atoms with Crippen LogP contribution in [0.25, 0.3) is 11.3 Å². The van der Waals surface area contributed by atoms with Crippen molar-refractivity contribution in [2.75, 3.05) is 18.5 Å². The lowest BCUT2D eigenvalue weighted by atomic mass is 10.1. The number of carbonyl (C=O) groups is 1. The summed E-state index contributed by atoms with van der Waals surface area (Å²) < 4.78 is 11.0. The molecule has 27 heavy (non-hydrogen) atoms. The Morgan fingerprint density at radius 1 is 1.00 bits per heavy atom. The van der Waals surface area contributed by atoms with Gasteiger partial charge in [0.2, 0.25) is 0 Å². The SMILES string of the molecule is O=C(Nc1nc(-c2ccc3c(c2)CCC3)cs1)c1ccc2c(c1)OCCO2. The van der Waals surface area contributed by atoms with Crippen molar-refractivity contribution >= 4 is 22.4 Å². The molecule has 0 saturated heterocycles. The van der Waals surface area contributed by atoms with Gasteiger partial charge in [0.1, 0.15) is 13.2 Å². The Balaban J connectivity index is 1.34. The molecule has 0 atom stereocenters. The van der Waals surface area contributed by atoms with E-state index in [9.17, 15) is 4.79 Å². The minimum absolute atomic E-state index is 0.207. The molecule has 1 aromatic heterocycles. The van der Waals surface area contributed by atoms with Gasteiger partial charge in [-0.15, -0.1) is 11.3 Å². The van der Waals surface area contributed by atoms with E-state index < -0.39 is 0 Å². The third-order valence-corrected chi connectivity index (χ3v) is 5.68. The van der Waals surface area contributed by atoms with Crippen LogP contribution in [0.4, 0.5) is 5.13 Å². The van der Waals surface area contributed by atoms with Gasteiger partial charge in [-0.3, -0.25) is 10.1 Å². The number of carbonyl (C=O) groups excluding carboxylic acids is 1. The molecule has 2 aromatic carbocycles. The smallest absolute Gasteiger partial charge is 0.257 e. The van der Waals surface area contributed by atoms with Crippen molar-refractivity contribution in [1.29, 1.82) is 0 Å². The van der Waals surface area contributed by atoms with E-state index in [2.05, 4.69) is 28.5 Å². The molecule has 1 N–H and O–H groups in total. The second-order valence-corrected chi connectivity index (χ2v) is 7.55. The number of anilines is 1. The van der Waals surface area contributed by atoms with Crippen LogP contribution < -0.4 is 14.8 Å². The predicted octanol–water partition coefficient (Wildman–Crippen LogP) is 4.32. The van der Waals surface area contributed by atoms with Crippen LogP contribution in [0.5, 0.6) is 11.5 Å². The number of rotatable bonds is 3. The fourth-order valence-electron chi connectivity index (χ4n) is 3.55. The van der Waals surface area contributed by atoms with Gasteiger partial charge in [0.05, 0.1) is 5.69 Å². The van der Waals surface area contributed by atoms with E-state index >= 15 is 0 Å². The second kappa shape index (κ2) is 6.70. The number of hydrogen-bond acceptors (Lipinski definition) is 5. The quantitative estimate of drug-likeness (QED) is 0.737. The van der Waals surface area contributed by atoms with Crippen LogP contribution in [0.2, 0.25) is 0 Å². The highest BCUT2D eigenvalue weighted by atomic mass is 32.1. The van der Waals surface area contributed by atoms with Gasteiger partial charge in [-0.2, -0.15) is 0 Å². The number of aromatic nitrogens is 1. The first-order chi connectivity index (χ1) is 13.3. The van der Waals surface area contributed by atoms with Crippen LogP contribution >= 0.6 is 11.3 Å². The molecule has 0 saturated carbocycles. The van der Waals surface area contributed by atoms with E-state index in [1.165, 1.54) is 35.3 Å². The first-order valence-electron chi connectivity index (χ1n) is 9.05. The number of nitrogens with zero attached hydrogens (tertiary/aromatic N) is 1. The summed E-state index contributed by atoms with van der Waals surface area (Å²) in [5, 5.41) is 5.45. The van der Waals surface area contributed by atoms with Crippen LogP contribution in [-0.2, 0) is 12.8 Å². The minimum atomic E-state index is -0.207. The van der Waals surface area contributed by atoms with Crippen molar-refractivity contribution in [1.82, 2.24) is 4.98 Å². The van der Waals surface area contributed by atoms with Crippen molar-refractivity contribution in [2.24, 2.45) is 0 Å². The standard InChI is InChI=1S/C21H18N2O3S/c24-20(16-6-7-18-19(11-16)26-9-8-25-18)23-21-22-17(12-27-21)15-5-4-13-2-1-3-14(13)10-15/h4-7,10-12H,1-3,8-9H2,(H,22,23,24). The first-order valence-corrected chi connectivity index (χ1v) is 9.93. The van der Waals surface area contributed by atoms with E-state index in [0.717, 1.165) is 17.7 Å². The first kappa shape index (κ1) is 16.3. The van der Waals surface area contributed by atoms with Crippen LogP contribution in [-0.4, -0.2) is 24.1 Å². The molecule has 1 amide bonds. The maximum absolute atomic E-state index is 12.6. The van der Waals surface area contributed by atoms with Crippen LogP contribution in [0, 0.1) is 0 Å². The van der Waals surface area contributed by atoms with E-state index in [1.807, 2.05) is 5.38 Å². The highest BCUT2D eigenvalue weighted by Gasteiger charge is 2.17. The molecule has 5 rings (SSSR count). The summed E-state index contributed by atoms with van der Waals surface area (Å²) >= 11 is 1.43. The monoisotopic (exact) mass is 378 g/mol. The Hall–Kier alpha value is -2.86. The second-order valence-electron chi connectivity index (χ2n) is 6.69. The molecule has 0 unspecified atom stereocenters. The van der Waals surface area contributed by atoms with Gasteiger partial charge in [-0.1, -0.05) is 12.1 Å². The zero-order valence-corrected chi connectivity index (χ0v) is 15.5. The van der Waals surface area contributed by atoms with E-state index in [1.54, 1.807) is 18.2 Å². The van der Waals surface area contributed by atoms with Crippen LogP contribution in [0.1, 0.15) is 27.9 Å². The molecule has 0 spiro atoms. The molecule has 5 nitrogen and oxygen atoms in total. The van der Waals surface area contributed by atoms with Crippen molar-refractivity contribution in [3.05, 3.63) is 58.5 Å². The maximum atomic E-state index is 12.6. The van der Waals surface area contributed by atoms with Gasteiger partial charge in [0.25, 0.3) is 5.91 Å². The van der Waals surface area contributed by atoms with E-state index in [-0.39, 0.29) is 5.91 Å². The van der Waals surface area contributed by atoms with Crippen LogP contribution in [0.3, 0.4) is 0 Å². The molecule has 1 aliphatic heterocycles. The molecule has 0 fully saturated rings. The molecule has 2 heterocycles. The van der Waals surface area contributed by atoms with E-state index in [0.29, 0.717) is 35.4 Å². The zero-order valence-electron chi connectivity index (χ0n) is 14.7. The number of aryl methyl sites for hydroxylation is 2. The molecule has 6 heteroatoms. The molecule has 0 bridgehead atoms. The Morgan fingerprint density at radius 3 is 2.78 bits per heavy atom. The molecule has 1 aliphatic carbocycles. The topological polar surface area (TPSA) is 60.5 Å². The molecule has 3 aromatic rings. The minimum Gasteiger partial charge on any atom is -0.486 e. The highest BCUT2D eigenvalue weighted by molar-refractivity contribution is 7.14. The maximum Gasteiger partial charge on any atom is 0.257 e. The van der Waals surface area contributed by atoms with Gasteiger partial charge < -0.3 is 9.47 Å². The van der Waals surface area contributed by atoms with Crippen LogP contribution in [0.15, 0.2) is 41.8 Å². The van der Waals surface area contributed by atoms with Gasteiger partial charge >= 0.3 is 0 Å². The zero-order chi connectivity index (χ0) is 18.2. The fourth-order valence-corrected chi connectivity index (χ4v) is 4.26. The van der Waals surface area contributed by atoms with Gasteiger partial charge in [-0.05, 0) is 54.7 Å². The van der Waals surface area contributed by atoms with Crippen molar-refractivity contribution in [2.45, 2.75) is 19.3 Å². The lowest BCUT2D eigenvalue weighted by Crippen LogP contribution is -2.17. The molecular weight excluding hydrogens is 360 g/mol. The number of benzene rings is 2. The van der Waals surface area contributed by atoms with Crippen molar-refractivity contribution in [3.8, 4) is 22.8 Å². The number of thiazole rings is 1. The average molecular weight is 378 g/mol. The number of hydrogen-bond donors (Lipinski definition) is 1. The van der Waals surface area contributed by atoms with Gasteiger partial charge in [-0.25, -0.2) is 4.98 Å². The summed E-state index contributed by atoms with van der Waals surface area (Å²) in [6.45, 7) is 1.03. The highest BCUT2D eigenvalue weighted by Crippen LogP contribution is 2.32.